The molecular formula is C21H18N2O2S. The van der Waals surface area contributed by atoms with E-state index in [9.17, 15) is 4.79 Å². The number of benzene rings is 1. The second-order valence-corrected chi connectivity index (χ2v) is 7.05. The molecule has 0 radical (unpaired) electrons. The molecule has 0 aliphatic carbocycles. The van der Waals surface area contributed by atoms with Crippen molar-refractivity contribution in [1.29, 1.82) is 0 Å². The molecule has 2 aromatic heterocycles. The highest BCUT2D eigenvalue weighted by Gasteiger charge is 2.25. The Labute approximate surface area is 156 Å². The number of aromatic nitrogens is 1. The summed E-state index contributed by atoms with van der Waals surface area (Å²) in [4.78, 5) is 17.1. The molecule has 3 heterocycles. The number of hydrogen-bond donors (Lipinski definition) is 1. The van der Waals surface area contributed by atoms with Gasteiger partial charge in [0.2, 0.25) is 5.91 Å². The number of carbonyl (C=O) groups excluding carboxylic acids is 1. The zero-order valence-electron chi connectivity index (χ0n) is 14.1. The zero-order chi connectivity index (χ0) is 17.8. The molecule has 1 aromatic carbocycles. The lowest BCUT2D eigenvalue weighted by atomic mass is 10.0. The van der Waals surface area contributed by atoms with Crippen molar-refractivity contribution in [2.24, 2.45) is 0 Å². The summed E-state index contributed by atoms with van der Waals surface area (Å²) in [5.41, 5.74) is 3.32. The van der Waals surface area contributed by atoms with Crippen LogP contribution in [0, 0.1) is 0 Å². The third-order valence-electron chi connectivity index (χ3n) is 4.27. The maximum absolute atomic E-state index is 12.0. The Morgan fingerprint density at radius 2 is 2.12 bits per heavy atom. The molecule has 0 bridgehead atoms. The van der Waals surface area contributed by atoms with Crippen molar-refractivity contribution in [3.8, 4) is 16.9 Å². The van der Waals surface area contributed by atoms with Gasteiger partial charge in [-0.05, 0) is 40.8 Å². The van der Waals surface area contributed by atoms with Crippen LogP contribution < -0.4 is 10.1 Å². The van der Waals surface area contributed by atoms with E-state index in [-0.39, 0.29) is 12.0 Å². The first-order chi connectivity index (χ1) is 12.8. The minimum atomic E-state index is -0.104. The van der Waals surface area contributed by atoms with E-state index in [2.05, 4.69) is 22.4 Å². The maximum Gasteiger partial charge on any atom is 0.244 e. The van der Waals surface area contributed by atoms with E-state index in [1.54, 1.807) is 29.8 Å². The van der Waals surface area contributed by atoms with E-state index >= 15 is 0 Å². The molecule has 1 aliphatic heterocycles. The van der Waals surface area contributed by atoms with Crippen LogP contribution in [0.5, 0.6) is 5.75 Å². The van der Waals surface area contributed by atoms with Crippen LogP contribution in [0.2, 0.25) is 0 Å². The molecule has 130 valence electrons. The van der Waals surface area contributed by atoms with Gasteiger partial charge in [0.25, 0.3) is 0 Å². The molecule has 1 aliphatic rings. The van der Waals surface area contributed by atoms with Crippen LogP contribution in [0.15, 0.2) is 66.3 Å². The fourth-order valence-corrected chi connectivity index (χ4v) is 3.65. The van der Waals surface area contributed by atoms with Gasteiger partial charge in [-0.25, -0.2) is 0 Å². The Kier molecular flexibility index (Phi) is 4.80. The first kappa shape index (κ1) is 16.5. The molecule has 0 fully saturated rings. The lowest BCUT2D eigenvalue weighted by Crippen LogP contribution is -2.33. The summed E-state index contributed by atoms with van der Waals surface area (Å²) in [6.07, 6.45) is 7.69. The molecule has 0 saturated heterocycles. The molecule has 3 aromatic rings. The summed E-state index contributed by atoms with van der Waals surface area (Å²) in [5, 5.41) is 4.91. The molecule has 1 amide bonds. The molecule has 26 heavy (non-hydrogen) atoms. The standard InChI is InChI=1S/C21H18N2O2S/c24-20(7-6-18-4-2-12-26-18)23-14-17-13-16-3-1-5-19(21(16)25-17)15-8-10-22-11-9-15/h1-12,17H,13-14H2,(H,23,24)/b7-6+. The van der Waals surface area contributed by atoms with Crippen LogP contribution in [0.3, 0.4) is 0 Å². The minimum Gasteiger partial charge on any atom is -0.487 e. The second-order valence-electron chi connectivity index (χ2n) is 6.07. The van der Waals surface area contributed by atoms with Gasteiger partial charge < -0.3 is 10.1 Å². The van der Waals surface area contributed by atoms with E-state index in [0.29, 0.717) is 6.54 Å². The third-order valence-corrected chi connectivity index (χ3v) is 5.10. The number of rotatable bonds is 5. The van der Waals surface area contributed by atoms with Gasteiger partial charge in [-0.15, -0.1) is 11.3 Å². The number of ether oxygens (including phenoxy) is 1. The van der Waals surface area contributed by atoms with Crippen LogP contribution in [0.1, 0.15) is 10.4 Å². The number of nitrogens with zero attached hydrogens (tertiary/aromatic N) is 1. The van der Waals surface area contributed by atoms with Gasteiger partial charge in [0.1, 0.15) is 11.9 Å². The number of nitrogens with one attached hydrogen (secondary N) is 1. The number of amides is 1. The van der Waals surface area contributed by atoms with Crippen LogP contribution in [-0.4, -0.2) is 23.5 Å². The quantitative estimate of drug-likeness (QED) is 0.700. The smallest absolute Gasteiger partial charge is 0.244 e. The fraction of sp³-hybridized carbons (Fsp3) is 0.143. The number of fused-ring (bicyclic) bond motifs is 1. The molecule has 5 heteroatoms. The molecule has 0 saturated carbocycles. The third kappa shape index (κ3) is 3.68. The zero-order valence-corrected chi connectivity index (χ0v) is 14.9. The molecule has 1 atom stereocenters. The van der Waals surface area contributed by atoms with E-state index in [4.69, 9.17) is 4.74 Å². The topological polar surface area (TPSA) is 51.2 Å². The first-order valence-corrected chi connectivity index (χ1v) is 9.36. The molecule has 1 unspecified atom stereocenters. The highest BCUT2D eigenvalue weighted by molar-refractivity contribution is 7.10. The Hall–Kier alpha value is -2.92. The van der Waals surface area contributed by atoms with E-state index in [1.807, 2.05) is 41.8 Å². The maximum atomic E-state index is 12.0. The largest absolute Gasteiger partial charge is 0.487 e. The van der Waals surface area contributed by atoms with Crippen LogP contribution >= 0.6 is 11.3 Å². The molecular weight excluding hydrogens is 344 g/mol. The number of carbonyl (C=O) groups is 1. The number of pyridine rings is 1. The number of thiophene rings is 1. The van der Waals surface area contributed by atoms with Crippen molar-refractivity contribution in [2.45, 2.75) is 12.5 Å². The summed E-state index contributed by atoms with van der Waals surface area (Å²) in [6.45, 7) is 0.484. The summed E-state index contributed by atoms with van der Waals surface area (Å²) >= 11 is 1.60. The lowest BCUT2D eigenvalue weighted by molar-refractivity contribution is -0.116. The van der Waals surface area contributed by atoms with Gasteiger partial charge in [-0.3, -0.25) is 9.78 Å². The fourth-order valence-electron chi connectivity index (χ4n) is 3.03. The van der Waals surface area contributed by atoms with Crippen LogP contribution in [0.4, 0.5) is 0 Å². The van der Waals surface area contributed by atoms with Gasteiger partial charge in [-0.2, -0.15) is 0 Å². The predicted molar refractivity (Wildman–Crippen MR) is 104 cm³/mol. The second kappa shape index (κ2) is 7.54. The minimum absolute atomic E-state index is 0.0490. The van der Waals surface area contributed by atoms with Crippen molar-refractivity contribution >= 4 is 23.3 Å². The summed E-state index contributed by atoms with van der Waals surface area (Å²) in [6, 6.07) is 14.1. The van der Waals surface area contributed by atoms with Crippen LogP contribution in [0.25, 0.3) is 17.2 Å². The monoisotopic (exact) mass is 362 g/mol. The van der Waals surface area contributed by atoms with Crippen molar-refractivity contribution in [2.75, 3.05) is 6.54 Å². The Bertz CT molecular complexity index is 920. The van der Waals surface area contributed by atoms with Gasteiger partial charge in [0, 0.05) is 35.3 Å². The summed E-state index contributed by atoms with van der Waals surface area (Å²) in [7, 11) is 0. The van der Waals surface area contributed by atoms with Gasteiger partial charge in [0.15, 0.2) is 0 Å². The Balaban J connectivity index is 1.39. The number of hydrogen-bond acceptors (Lipinski definition) is 4. The van der Waals surface area contributed by atoms with Crippen molar-refractivity contribution in [3.05, 3.63) is 76.8 Å². The normalized spacial score (nSPS) is 15.6. The van der Waals surface area contributed by atoms with Crippen LogP contribution in [-0.2, 0) is 11.2 Å². The Morgan fingerprint density at radius 1 is 1.23 bits per heavy atom. The Morgan fingerprint density at radius 3 is 2.92 bits per heavy atom. The lowest BCUT2D eigenvalue weighted by Gasteiger charge is -2.13. The molecule has 4 nitrogen and oxygen atoms in total. The highest BCUT2D eigenvalue weighted by atomic mass is 32.1. The SMILES string of the molecule is O=C(/C=C/c1cccs1)NCC1Cc2cccc(-c3ccncc3)c2O1. The van der Waals surface area contributed by atoms with E-state index in [0.717, 1.165) is 28.2 Å². The average Bonchev–Trinajstić information content (AvgIpc) is 3.34. The van der Waals surface area contributed by atoms with Gasteiger partial charge >= 0.3 is 0 Å². The van der Waals surface area contributed by atoms with Crippen molar-refractivity contribution in [3.63, 3.8) is 0 Å². The van der Waals surface area contributed by atoms with E-state index in [1.165, 1.54) is 5.56 Å². The van der Waals surface area contributed by atoms with Crippen molar-refractivity contribution in [1.82, 2.24) is 10.3 Å². The predicted octanol–water partition coefficient (Wildman–Crippen LogP) is 3.94. The number of para-hydroxylation sites is 1. The molecule has 0 spiro atoms. The molecule has 1 N–H and O–H groups in total. The highest BCUT2D eigenvalue weighted by Crippen LogP contribution is 2.38. The molecule has 4 rings (SSSR count). The van der Waals surface area contributed by atoms with Gasteiger partial charge in [-0.1, -0.05) is 24.3 Å². The van der Waals surface area contributed by atoms with E-state index < -0.39 is 0 Å². The van der Waals surface area contributed by atoms with Crippen molar-refractivity contribution < 1.29 is 9.53 Å². The van der Waals surface area contributed by atoms with Gasteiger partial charge in [0.05, 0.1) is 6.54 Å². The first-order valence-electron chi connectivity index (χ1n) is 8.48. The summed E-state index contributed by atoms with van der Waals surface area (Å²) in [5.74, 6) is 0.805. The average molecular weight is 362 g/mol. The summed E-state index contributed by atoms with van der Waals surface area (Å²) < 4.78 is 6.14.